The third kappa shape index (κ3) is 4.26. The fraction of sp³-hybridized carbons (Fsp3) is 0.846. The molecular weight excluding hydrogens is 244 g/mol. The van der Waals surface area contributed by atoms with Crippen LogP contribution in [0.1, 0.15) is 44.8 Å². The van der Waals surface area contributed by atoms with Crippen LogP contribution >= 0.6 is 0 Å². The highest BCUT2D eigenvalue weighted by Gasteiger charge is 2.24. The molecule has 0 spiro atoms. The summed E-state index contributed by atoms with van der Waals surface area (Å²) < 4.78 is 7.22. The zero-order valence-electron chi connectivity index (χ0n) is 12.6. The molecule has 0 bridgehead atoms. The van der Waals surface area contributed by atoms with Crippen LogP contribution in [0.15, 0.2) is 0 Å². The second kappa shape index (κ2) is 6.98. The average molecular weight is 270 g/mol. The van der Waals surface area contributed by atoms with Crippen molar-refractivity contribution in [2.24, 2.45) is 7.05 Å². The molecule has 0 aliphatic rings. The fourth-order valence-corrected chi connectivity index (χ4v) is 2.10. The Kier molecular flexibility index (Phi) is 5.90. The van der Waals surface area contributed by atoms with E-state index in [0.717, 1.165) is 11.6 Å². The van der Waals surface area contributed by atoms with Crippen molar-refractivity contribution in [2.45, 2.75) is 45.2 Å². The minimum Gasteiger partial charge on any atom is -0.396 e. The molecule has 0 radical (unpaired) electrons. The summed E-state index contributed by atoms with van der Waals surface area (Å²) in [5, 5.41) is 20.9. The Balaban J connectivity index is 2.69. The number of ether oxygens (including phenoxy) is 1. The van der Waals surface area contributed by atoms with Crippen LogP contribution in [0.4, 0.5) is 0 Å². The molecule has 1 aromatic rings. The molecule has 0 amide bonds. The zero-order valence-corrected chi connectivity index (χ0v) is 12.6. The molecule has 6 nitrogen and oxygen atoms in total. The molecule has 2 N–H and O–H groups in total. The first-order chi connectivity index (χ1) is 8.93. The zero-order chi connectivity index (χ0) is 14.5. The maximum Gasteiger partial charge on any atom is 0.146 e. The maximum atomic E-state index is 9.13. The smallest absolute Gasteiger partial charge is 0.146 e. The highest BCUT2D eigenvalue weighted by atomic mass is 16.5. The van der Waals surface area contributed by atoms with Crippen molar-refractivity contribution in [3.63, 3.8) is 0 Å². The van der Waals surface area contributed by atoms with Gasteiger partial charge in [-0.15, -0.1) is 10.2 Å². The van der Waals surface area contributed by atoms with Gasteiger partial charge in [-0.25, -0.2) is 0 Å². The van der Waals surface area contributed by atoms with Gasteiger partial charge in [0, 0.05) is 32.2 Å². The summed E-state index contributed by atoms with van der Waals surface area (Å²) in [7, 11) is 3.64. The Bertz CT molecular complexity index is 384. The van der Waals surface area contributed by atoms with E-state index in [9.17, 15) is 0 Å². The molecule has 0 saturated heterocycles. The SMILES string of the molecule is COCC(C)(CCO)NCc1nnc(C(C)C)n1C. The van der Waals surface area contributed by atoms with Crippen molar-refractivity contribution < 1.29 is 9.84 Å². The van der Waals surface area contributed by atoms with E-state index in [-0.39, 0.29) is 12.1 Å². The Morgan fingerprint density at radius 3 is 2.58 bits per heavy atom. The molecule has 19 heavy (non-hydrogen) atoms. The average Bonchev–Trinajstić information content (AvgIpc) is 2.69. The molecule has 0 aliphatic carbocycles. The fourth-order valence-electron chi connectivity index (χ4n) is 2.10. The monoisotopic (exact) mass is 270 g/mol. The van der Waals surface area contributed by atoms with Gasteiger partial charge in [0.25, 0.3) is 0 Å². The van der Waals surface area contributed by atoms with Gasteiger partial charge in [-0.1, -0.05) is 13.8 Å². The van der Waals surface area contributed by atoms with Gasteiger partial charge in [0.2, 0.25) is 0 Å². The van der Waals surface area contributed by atoms with E-state index in [4.69, 9.17) is 9.84 Å². The molecule has 1 unspecified atom stereocenters. The maximum absolute atomic E-state index is 9.13. The van der Waals surface area contributed by atoms with Gasteiger partial charge in [0.15, 0.2) is 0 Å². The van der Waals surface area contributed by atoms with Gasteiger partial charge >= 0.3 is 0 Å². The largest absolute Gasteiger partial charge is 0.396 e. The van der Waals surface area contributed by atoms with Crippen molar-refractivity contribution >= 4 is 0 Å². The van der Waals surface area contributed by atoms with Crippen LogP contribution < -0.4 is 5.32 Å². The van der Waals surface area contributed by atoms with Crippen molar-refractivity contribution in [3.8, 4) is 0 Å². The minimum absolute atomic E-state index is 0.128. The number of aromatic nitrogens is 3. The Hall–Kier alpha value is -0.980. The Morgan fingerprint density at radius 2 is 2.11 bits per heavy atom. The first-order valence-electron chi connectivity index (χ1n) is 6.66. The molecule has 1 atom stereocenters. The lowest BCUT2D eigenvalue weighted by Gasteiger charge is -2.29. The lowest BCUT2D eigenvalue weighted by Crippen LogP contribution is -2.46. The molecule has 0 aliphatic heterocycles. The lowest BCUT2D eigenvalue weighted by atomic mass is 9.99. The molecule has 110 valence electrons. The minimum atomic E-state index is -0.257. The first kappa shape index (κ1) is 16.1. The number of rotatable bonds is 8. The van der Waals surface area contributed by atoms with E-state index in [1.807, 2.05) is 18.5 Å². The van der Waals surface area contributed by atoms with Crippen molar-refractivity contribution in [3.05, 3.63) is 11.6 Å². The number of nitrogens with one attached hydrogen (secondary N) is 1. The molecule has 6 heteroatoms. The van der Waals surface area contributed by atoms with Gasteiger partial charge in [0.05, 0.1) is 13.2 Å². The third-order valence-electron chi connectivity index (χ3n) is 3.31. The molecule has 1 heterocycles. The molecule has 1 rings (SSSR count). The summed E-state index contributed by atoms with van der Waals surface area (Å²) in [6.45, 7) is 7.51. The number of nitrogens with zero attached hydrogens (tertiary/aromatic N) is 3. The van der Waals surface area contributed by atoms with E-state index >= 15 is 0 Å². The van der Waals surface area contributed by atoms with Gasteiger partial charge in [0.1, 0.15) is 11.6 Å². The van der Waals surface area contributed by atoms with Crippen LogP contribution in [0.3, 0.4) is 0 Å². The quantitative estimate of drug-likeness (QED) is 0.731. The molecular formula is C13H26N4O2. The number of aliphatic hydroxyl groups is 1. The second-order valence-electron chi connectivity index (χ2n) is 5.51. The van der Waals surface area contributed by atoms with Gasteiger partial charge in [-0.3, -0.25) is 0 Å². The highest BCUT2D eigenvalue weighted by Crippen LogP contribution is 2.14. The summed E-state index contributed by atoms with van der Waals surface area (Å²) in [6, 6.07) is 0. The summed E-state index contributed by atoms with van der Waals surface area (Å²) in [6.07, 6.45) is 0.635. The third-order valence-corrected chi connectivity index (χ3v) is 3.31. The van der Waals surface area contributed by atoms with Gasteiger partial charge < -0.3 is 19.7 Å². The van der Waals surface area contributed by atoms with Crippen molar-refractivity contribution in [2.75, 3.05) is 20.3 Å². The Labute approximate surface area is 115 Å². The first-order valence-corrected chi connectivity index (χ1v) is 6.66. The van der Waals surface area contributed by atoms with Crippen LogP contribution in [-0.2, 0) is 18.3 Å². The van der Waals surface area contributed by atoms with Gasteiger partial charge in [-0.05, 0) is 13.3 Å². The number of aliphatic hydroxyl groups excluding tert-OH is 1. The van der Waals surface area contributed by atoms with Crippen LogP contribution in [0.2, 0.25) is 0 Å². The van der Waals surface area contributed by atoms with Crippen LogP contribution in [-0.4, -0.2) is 45.7 Å². The number of hydrogen-bond acceptors (Lipinski definition) is 5. The van der Waals surface area contributed by atoms with E-state index in [2.05, 4.69) is 29.4 Å². The van der Waals surface area contributed by atoms with E-state index in [1.165, 1.54) is 0 Å². The lowest BCUT2D eigenvalue weighted by molar-refractivity contribution is 0.0963. The van der Waals surface area contributed by atoms with Crippen molar-refractivity contribution in [1.29, 1.82) is 0 Å². The molecule has 0 saturated carbocycles. The predicted molar refractivity (Wildman–Crippen MR) is 73.9 cm³/mol. The molecule has 0 aromatic carbocycles. The van der Waals surface area contributed by atoms with E-state index in [0.29, 0.717) is 25.5 Å². The standard InChI is InChI=1S/C13H26N4O2/c1-10(2)12-16-15-11(17(12)4)8-14-13(3,6-7-18)9-19-5/h10,14,18H,6-9H2,1-5H3. The summed E-state index contributed by atoms with van der Waals surface area (Å²) >= 11 is 0. The van der Waals surface area contributed by atoms with Crippen LogP contribution in [0.5, 0.6) is 0 Å². The predicted octanol–water partition coefficient (Wildman–Crippen LogP) is 0.816. The summed E-state index contributed by atoms with van der Waals surface area (Å²) in [4.78, 5) is 0. The van der Waals surface area contributed by atoms with Gasteiger partial charge in [-0.2, -0.15) is 0 Å². The highest BCUT2D eigenvalue weighted by molar-refractivity contribution is 4.99. The van der Waals surface area contributed by atoms with E-state index in [1.54, 1.807) is 7.11 Å². The summed E-state index contributed by atoms with van der Waals surface area (Å²) in [5.74, 6) is 2.23. The molecule has 1 aromatic heterocycles. The van der Waals surface area contributed by atoms with Crippen LogP contribution in [0.25, 0.3) is 0 Å². The number of methoxy groups -OCH3 is 1. The Morgan fingerprint density at radius 1 is 1.42 bits per heavy atom. The molecule has 0 fully saturated rings. The number of hydrogen-bond donors (Lipinski definition) is 2. The second-order valence-corrected chi connectivity index (χ2v) is 5.51. The topological polar surface area (TPSA) is 72.2 Å². The summed E-state index contributed by atoms with van der Waals surface area (Å²) in [5.41, 5.74) is -0.257. The normalized spacial score (nSPS) is 14.9. The van der Waals surface area contributed by atoms with Crippen LogP contribution in [0, 0.1) is 0 Å². The van der Waals surface area contributed by atoms with Crippen molar-refractivity contribution in [1.82, 2.24) is 20.1 Å². The van der Waals surface area contributed by atoms with E-state index < -0.39 is 0 Å².